The van der Waals surface area contributed by atoms with Crippen LogP contribution in [-0.2, 0) is 4.79 Å². The van der Waals surface area contributed by atoms with Crippen LogP contribution >= 0.6 is 0 Å². The van der Waals surface area contributed by atoms with Crippen LogP contribution in [0.4, 0.5) is 13.2 Å². The molecular formula is C11H19F3N2O. The van der Waals surface area contributed by atoms with Crippen molar-refractivity contribution in [3.8, 4) is 0 Å². The van der Waals surface area contributed by atoms with Gasteiger partial charge in [-0.3, -0.25) is 10.1 Å². The molecule has 0 aromatic rings. The number of hydrogen-bond donors (Lipinski definition) is 2. The van der Waals surface area contributed by atoms with E-state index < -0.39 is 23.7 Å². The molecule has 1 rings (SSSR count). The Bertz CT molecular complexity index is 296. The van der Waals surface area contributed by atoms with Crippen molar-refractivity contribution in [3.63, 3.8) is 0 Å². The maximum Gasteiger partial charge on any atom is 0.405 e. The lowest BCUT2D eigenvalue weighted by molar-refractivity contribution is -0.163. The van der Waals surface area contributed by atoms with E-state index in [-0.39, 0.29) is 18.4 Å². The van der Waals surface area contributed by atoms with Crippen LogP contribution < -0.4 is 10.6 Å². The highest BCUT2D eigenvalue weighted by Crippen LogP contribution is 2.25. The van der Waals surface area contributed by atoms with Crippen molar-refractivity contribution >= 4 is 5.78 Å². The van der Waals surface area contributed by atoms with Gasteiger partial charge in [-0.1, -0.05) is 20.8 Å². The van der Waals surface area contributed by atoms with Gasteiger partial charge in [0.25, 0.3) is 0 Å². The summed E-state index contributed by atoms with van der Waals surface area (Å²) in [6.07, 6.45) is -4.33. The standard InChI is InChI=1S/C11H19F3N2O/c1-6-8(9(17)10(2,3)4)16-7(5-15-6)11(12,13)14/h6-8,15-16H,5H2,1-4H3. The molecule has 0 aromatic heterocycles. The second-order valence-electron chi connectivity index (χ2n) is 5.55. The van der Waals surface area contributed by atoms with Gasteiger partial charge < -0.3 is 5.32 Å². The summed E-state index contributed by atoms with van der Waals surface area (Å²) in [5.41, 5.74) is -0.652. The summed E-state index contributed by atoms with van der Waals surface area (Å²) in [7, 11) is 0. The molecule has 100 valence electrons. The van der Waals surface area contributed by atoms with Gasteiger partial charge in [0.15, 0.2) is 5.78 Å². The molecule has 0 aliphatic carbocycles. The lowest BCUT2D eigenvalue weighted by atomic mass is 9.83. The van der Waals surface area contributed by atoms with Gasteiger partial charge in [-0.15, -0.1) is 0 Å². The van der Waals surface area contributed by atoms with E-state index in [2.05, 4.69) is 10.6 Å². The van der Waals surface area contributed by atoms with Crippen molar-refractivity contribution in [3.05, 3.63) is 0 Å². The fourth-order valence-electron chi connectivity index (χ4n) is 1.82. The van der Waals surface area contributed by atoms with E-state index in [4.69, 9.17) is 0 Å². The SMILES string of the molecule is CC1NCC(C(F)(F)F)NC1C(=O)C(C)(C)C. The lowest BCUT2D eigenvalue weighted by Gasteiger charge is -2.39. The Labute approximate surface area is 99.1 Å². The fourth-order valence-corrected chi connectivity index (χ4v) is 1.82. The molecule has 0 saturated carbocycles. The number of carbonyl (C=O) groups is 1. The van der Waals surface area contributed by atoms with E-state index in [1.807, 2.05) is 0 Å². The average molecular weight is 252 g/mol. The summed E-state index contributed by atoms with van der Waals surface area (Å²) in [6.45, 7) is 6.65. The third kappa shape index (κ3) is 3.42. The summed E-state index contributed by atoms with van der Waals surface area (Å²) >= 11 is 0. The zero-order chi connectivity index (χ0) is 13.4. The van der Waals surface area contributed by atoms with Gasteiger partial charge in [-0.2, -0.15) is 13.2 Å². The molecule has 3 atom stereocenters. The third-order valence-electron chi connectivity index (χ3n) is 2.94. The largest absolute Gasteiger partial charge is 0.405 e. The Balaban J connectivity index is 2.81. The zero-order valence-corrected chi connectivity index (χ0v) is 10.5. The first-order valence-electron chi connectivity index (χ1n) is 5.64. The predicted octanol–water partition coefficient (Wildman–Crippen LogP) is 1.48. The summed E-state index contributed by atoms with van der Waals surface area (Å²) in [6, 6.07) is -2.74. The molecule has 0 spiro atoms. The van der Waals surface area contributed by atoms with Crippen molar-refractivity contribution in [2.75, 3.05) is 6.54 Å². The van der Waals surface area contributed by atoms with Crippen molar-refractivity contribution in [1.29, 1.82) is 0 Å². The number of alkyl halides is 3. The molecule has 1 fully saturated rings. The van der Waals surface area contributed by atoms with Gasteiger partial charge in [-0.25, -0.2) is 0 Å². The van der Waals surface area contributed by atoms with Crippen LogP contribution in [0.2, 0.25) is 0 Å². The molecule has 0 aromatic carbocycles. The second-order valence-corrected chi connectivity index (χ2v) is 5.55. The molecule has 0 bridgehead atoms. The Morgan fingerprint density at radius 3 is 2.18 bits per heavy atom. The number of nitrogens with one attached hydrogen (secondary N) is 2. The van der Waals surface area contributed by atoms with Crippen LogP contribution in [-0.4, -0.2) is 36.6 Å². The lowest BCUT2D eigenvalue weighted by Crippen LogP contribution is -2.67. The molecular weight excluding hydrogens is 233 g/mol. The van der Waals surface area contributed by atoms with Crippen molar-refractivity contribution in [2.45, 2.75) is 52.0 Å². The van der Waals surface area contributed by atoms with E-state index in [9.17, 15) is 18.0 Å². The Morgan fingerprint density at radius 2 is 1.76 bits per heavy atom. The molecule has 3 unspecified atom stereocenters. The molecule has 0 radical (unpaired) electrons. The monoisotopic (exact) mass is 252 g/mol. The quantitative estimate of drug-likeness (QED) is 0.742. The maximum absolute atomic E-state index is 12.6. The number of piperazine rings is 1. The molecule has 17 heavy (non-hydrogen) atoms. The highest BCUT2D eigenvalue weighted by molar-refractivity contribution is 5.89. The molecule has 1 aliphatic heterocycles. The zero-order valence-electron chi connectivity index (χ0n) is 10.5. The van der Waals surface area contributed by atoms with Crippen molar-refractivity contribution in [1.82, 2.24) is 10.6 Å². The number of hydrogen-bond acceptors (Lipinski definition) is 3. The van der Waals surface area contributed by atoms with E-state index in [1.165, 1.54) is 0 Å². The van der Waals surface area contributed by atoms with Crippen LogP contribution in [0.15, 0.2) is 0 Å². The predicted molar refractivity (Wildman–Crippen MR) is 58.7 cm³/mol. The van der Waals surface area contributed by atoms with Gasteiger partial charge in [0, 0.05) is 18.0 Å². The normalized spacial score (nSPS) is 31.4. The van der Waals surface area contributed by atoms with Crippen molar-refractivity contribution in [2.24, 2.45) is 5.41 Å². The number of carbonyl (C=O) groups excluding carboxylic acids is 1. The molecule has 3 nitrogen and oxygen atoms in total. The van der Waals surface area contributed by atoms with Gasteiger partial charge >= 0.3 is 6.18 Å². The summed E-state index contributed by atoms with van der Waals surface area (Å²) in [5.74, 6) is -0.202. The van der Waals surface area contributed by atoms with E-state index >= 15 is 0 Å². The van der Waals surface area contributed by atoms with Crippen LogP contribution in [0.3, 0.4) is 0 Å². The molecule has 1 saturated heterocycles. The summed E-state index contributed by atoms with van der Waals surface area (Å²) in [4.78, 5) is 12.0. The topological polar surface area (TPSA) is 41.1 Å². The molecule has 1 heterocycles. The fraction of sp³-hybridized carbons (Fsp3) is 0.909. The van der Waals surface area contributed by atoms with Gasteiger partial charge in [-0.05, 0) is 6.92 Å². The van der Waals surface area contributed by atoms with Crippen molar-refractivity contribution < 1.29 is 18.0 Å². The first-order valence-corrected chi connectivity index (χ1v) is 5.64. The maximum atomic E-state index is 12.6. The first kappa shape index (κ1) is 14.4. The number of halogens is 3. The van der Waals surface area contributed by atoms with Gasteiger partial charge in [0.05, 0.1) is 6.04 Å². The molecule has 6 heteroatoms. The number of rotatable bonds is 1. The molecule has 0 amide bonds. The number of ketones is 1. The van der Waals surface area contributed by atoms with Crippen LogP contribution in [0.1, 0.15) is 27.7 Å². The Hall–Kier alpha value is -0.620. The van der Waals surface area contributed by atoms with Gasteiger partial charge in [0.1, 0.15) is 6.04 Å². The highest BCUT2D eigenvalue weighted by Gasteiger charge is 2.46. The van der Waals surface area contributed by atoms with E-state index in [0.29, 0.717) is 0 Å². The minimum Gasteiger partial charge on any atom is -0.310 e. The Kier molecular flexibility index (Phi) is 3.88. The highest BCUT2D eigenvalue weighted by atomic mass is 19.4. The number of Topliss-reactive ketones (excluding diaryl/α,β-unsaturated/α-hetero) is 1. The second kappa shape index (κ2) is 4.57. The van der Waals surface area contributed by atoms with E-state index in [0.717, 1.165) is 0 Å². The molecule has 1 aliphatic rings. The van der Waals surface area contributed by atoms with Crippen LogP contribution in [0.25, 0.3) is 0 Å². The average Bonchev–Trinajstić information content (AvgIpc) is 2.14. The smallest absolute Gasteiger partial charge is 0.310 e. The molecule has 2 N–H and O–H groups in total. The summed E-state index contributed by atoms with van der Waals surface area (Å²) < 4.78 is 37.8. The van der Waals surface area contributed by atoms with Crippen LogP contribution in [0, 0.1) is 5.41 Å². The van der Waals surface area contributed by atoms with E-state index in [1.54, 1.807) is 27.7 Å². The summed E-state index contributed by atoms with van der Waals surface area (Å²) in [5, 5.41) is 5.15. The van der Waals surface area contributed by atoms with Gasteiger partial charge in [0.2, 0.25) is 0 Å². The first-order chi connectivity index (χ1) is 7.53. The van der Waals surface area contributed by atoms with Crippen LogP contribution in [0.5, 0.6) is 0 Å². The third-order valence-corrected chi connectivity index (χ3v) is 2.94. The minimum atomic E-state index is -4.33. The minimum absolute atomic E-state index is 0.196. The Morgan fingerprint density at radius 1 is 1.24 bits per heavy atom.